The third-order valence-corrected chi connectivity index (χ3v) is 2.62. The molecule has 1 aromatic carbocycles. The number of ether oxygens (including phenoxy) is 1. The van der Waals surface area contributed by atoms with E-state index in [-0.39, 0.29) is 0 Å². The van der Waals surface area contributed by atoms with Gasteiger partial charge in [0.05, 0.1) is 11.6 Å². The van der Waals surface area contributed by atoms with Gasteiger partial charge in [0.15, 0.2) is 0 Å². The number of hydrogen-bond donors (Lipinski definition) is 0. The van der Waals surface area contributed by atoms with E-state index in [1.54, 1.807) is 18.3 Å². The van der Waals surface area contributed by atoms with E-state index in [4.69, 9.17) is 10.00 Å². The Labute approximate surface area is 107 Å². The minimum absolute atomic E-state index is 0.431. The SMILES string of the molecule is N#Cc1ccnc(Oc2ccc(I)cc2)c1. The highest BCUT2D eigenvalue weighted by Gasteiger charge is 1.99. The van der Waals surface area contributed by atoms with Crippen molar-refractivity contribution in [1.82, 2.24) is 4.98 Å². The van der Waals surface area contributed by atoms with Gasteiger partial charge in [-0.25, -0.2) is 4.98 Å². The fourth-order valence-corrected chi connectivity index (χ4v) is 1.52. The summed E-state index contributed by atoms with van der Waals surface area (Å²) in [6.07, 6.45) is 1.56. The second kappa shape index (κ2) is 4.94. The zero-order chi connectivity index (χ0) is 11.4. The highest BCUT2D eigenvalue weighted by atomic mass is 127. The maximum absolute atomic E-state index is 8.73. The number of nitriles is 1. The van der Waals surface area contributed by atoms with E-state index in [2.05, 4.69) is 27.6 Å². The van der Waals surface area contributed by atoms with Crippen molar-refractivity contribution in [2.75, 3.05) is 0 Å². The van der Waals surface area contributed by atoms with Gasteiger partial charge in [-0.05, 0) is 52.9 Å². The quantitative estimate of drug-likeness (QED) is 0.797. The summed E-state index contributed by atoms with van der Waals surface area (Å²) in [6, 6.07) is 12.9. The predicted molar refractivity (Wildman–Crippen MR) is 68.2 cm³/mol. The first kappa shape index (κ1) is 10.9. The number of hydrogen-bond acceptors (Lipinski definition) is 3. The topological polar surface area (TPSA) is 45.9 Å². The van der Waals surface area contributed by atoms with Gasteiger partial charge in [-0.2, -0.15) is 5.26 Å². The molecule has 0 aliphatic heterocycles. The molecule has 78 valence electrons. The smallest absolute Gasteiger partial charge is 0.220 e. The maximum atomic E-state index is 8.73. The number of rotatable bonds is 2. The Kier molecular flexibility index (Phi) is 3.37. The second-order valence-corrected chi connectivity index (χ2v) is 4.30. The number of nitrogens with zero attached hydrogens (tertiary/aromatic N) is 2. The van der Waals surface area contributed by atoms with Crippen molar-refractivity contribution < 1.29 is 4.74 Å². The third kappa shape index (κ3) is 2.70. The lowest BCUT2D eigenvalue weighted by Crippen LogP contribution is -1.88. The molecular weight excluding hydrogens is 315 g/mol. The summed E-state index contributed by atoms with van der Waals surface area (Å²) in [5.41, 5.74) is 0.538. The first-order valence-corrected chi connectivity index (χ1v) is 5.65. The molecule has 4 heteroatoms. The molecule has 0 aliphatic rings. The van der Waals surface area contributed by atoms with Gasteiger partial charge < -0.3 is 4.74 Å². The highest BCUT2D eigenvalue weighted by molar-refractivity contribution is 14.1. The molecule has 1 heterocycles. The van der Waals surface area contributed by atoms with Gasteiger partial charge in [-0.1, -0.05) is 0 Å². The van der Waals surface area contributed by atoms with Crippen LogP contribution in [0.15, 0.2) is 42.6 Å². The lowest BCUT2D eigenvalue weighted by atomic mass is 10.3. The van der Waals surface area contributed by atoms with E-state index < -0.39 is 0 Å². The van der Waals surface area contributed by atoms with Crippen LogP contribution in [0.2, 0.25) is 0 Å². The van der Waals surface area contributed by atoms with E-state index >= 15 is 0 Å². The van der Waals surface area contributed by atoms with Crippen LogP contribution in [-0.4, -0.2) is 4.98 Å². The molecule has 1 aromatic heterocycles. The van der Waals surface area contributed by atoms with Gasteiger partial charge in [-0.15, -0.1) is 0 Å². The standard InChI is InChI=1S/C12H7IN2O/c13-10-1-3-11(4-2-10)16-12-7-9(8-14)5-6-15-12/h1-7H. The Bertz CT molecular complexity index is 531. The highest BCUT2D eigenvalue weighted by Crippen LogP contribution is 2.20. The molecule has 0 atom stereocenters. The summed E-state index contributed by atoms with van der Waals surface area (Å²) in [4.78, 5) is 4.03. The van der Waals surface area contributed by atoms with Gasteiger partial charge in [-0.3, -0.25) is 0 Å². The summed E-state index contributed by atoms with van der Waals surface area (Å²) in [7, 11) is 0. The molecule has 0 spiro atoms. The van der Waals surface area contributed by atoms with E-state index in [1.807, 2.05) is 30.3 Å². The zero-order valence-corrected chi connectivity index (χ0v) is 10.4. The monoisotopic (exact) mass is 322 g/mol. The average Bonchev–Trinajstić information content (AvgIpc) is 2.32. The Morgan fingerprint density at radius 2 is 1.94 bits per heavy atom. The number of pyridine rings is 1. The third-order valence-electron chi connectivity index (χ3n) is 1.90. The normalized spacial score (nSPS) is 9.50. The summed E-state index contributed by atoms with van der Waals surface area (Å²) in [6.45, 7) is 0. The molecule has 16 heavy (non-hydrogen) atoms. The lowest BCUT2D eigenvalue weighted by Gasteiger charge is -2.04. The Morgan fingerprint density at radius 1 is 1.19 bits per heavy atom. The molecule has 0 saturated carbocycles. The molecule has 0 radical (unpaired) electrons. The summed E-state index contributed by atoms with van der Waals surface area (Å²) >= 11 is 2.22. The van der Waals surface area contributed by atoms with Crippen molar-refractivity contribution in [2.24, 2.45) is 0 Å². The predicted octanol–water partition coefficient (Wildman–Crippen LogP) is 3.35. The Balaban J connectivity index is 2.21. The summed E-state index contributed by atoms with van der Waals surface area (Å²) in [5.74, 6) is 1.14. The van der Waals surface area contributed by atoms with Gasteiger partial charge in [0.2, 0.25) is 5.88 Å². The van der Waals surface area contributed by atoms with Gasteiger partial charge in [0.1, 0.15) is 5.75 Å². The van der Waals surface area contributed by atoms with Crippen molar-refractivity contribution in [3.63, 3.8) is 0 Å². The van der Waals surface area contributed by atoms with Crippen molar-refractivity contribution >= 4 is 22.6 Å². The van der Waals surface area contributed by atoms with Gasteiger partial charge in [0, 0.05) is 15.8 Å². The van der Waals surface area contributed by atoms with Crippen molar-refractivity contribution in [3.05, 3.63) is 51.7 Å². The van der Waals surface area contributed by atoms with Crippen molar-refractivity contribution in [2.45, 2.75) is 0 Å². The second-order valence-electron chi connectivity index (χ2n) is 3.05. The molecule has 0 bridgehead atoms. The molecule has 0 aliphatic carbocycles. The van der Waals surface area contributed by atoms with Crippen LogP contribution >= 0.6 is 22.6 Å². The Morgan fingerprint density at radius 3 is 2.62 bits per heavy atom. The van der Waals surface area contributed by atoms with E-state index in [0.29, 0.717) is 17.2 Å². The molecule has 3 nitrogen and oxygen atoms in total. The van der Waals surface area contributed by atoms with Crippen LogP contribution in [0.1, 0.15) is 5.56 Å². The average molecular weight is 322 g/mol. The minimum Gasteiger partial charge on any atom is -0.439 e. The number of aromatic nitrogens is 1. The summed E-state index contributed by atoms with van der Waals surface area (Å²) < 4.78 is 6.65. The molecule has 2 rings (SSSR count). The first-order chi connectivity index (χ1) is 7.78. The van der Waals surface area contributed by atoms with Crippen molar-refractivity contribution in [1.29, 1.82) is 5.26 Å². The van der Waals surface area contributed by atoms with Gasteiger partial charge in [0.25, 0.3) is 0 Å². The van der Waals surface area contributed by atoms with E-state index in [0.717, 1.165) is 3.57 Å². The zero-order valence-electron chi connectivity index (χ0n) is 8.22. The van der Waals surface area contributed by atoms with Crippen LogP contribution in [0.5, 0.6) is 11.6 Å². The van der Waals surface area contributed by atoms with E-state index in [1.165, 1.54) is 0 Å². The minimum atomic E-state index is 0.431. The largest absolute Gasteiger partial charge is 0.439 e. The fourth-order valence-electron chi connectivity index (χ4n) is 1.16. The molecule has 0 fully saturated rings. The summed E-state index contributed by atoms with van der Waals surface area (Å²) in [5, 5.41) is 8.73. The van der Waals surface area contributed by atoms with Crippen LogP contribution in [0.25, 0.3) is 0 Å². The van der Waals surface area contributed by atoms with Crippen LogP contribution in [0.3, 0.4) is 0 Å². The molecule has 0 amide bonds. The number of benzene rings is 1. The van der Waals surface area contributed by atoms with Crippen molar-refractivity contribution in [3.8, 4) is 17.7 Å². The van der Waals surface area contributed by atoms with Crippen LogP contribution in [0, 0.1) is 14.9 Å². The first-order valence-electron chi connectivity index (χ1n) is 4.57. The maximum Gasteiger partial charge on any atom is 0.220 e. The van der Waals surface area contributed by atoms with Crippen LogP contribution in [-0.2, 0) is 0 Å². The molecule has 0 unspecified atom stereocenters. The Hall–Kier alpha value is -1.61. The van der Waals surface area contributed by atoms with Crippen LogP contribution in [0.4, 0.5) is 0 Å². The number of halogens is 1. The van der Waals surface area contributed by atoms with Gasteiger partial charge >= 0.3 is 0 Å². The molecule has 0 saturated heterocycles. The molecule has 2 aromatic rings. The molecule has 0 N–H and O–H groups in total. The van der Waals surface area contributed by atoms with Crippen LogP contribution < -0.4 is 4.74 Å². The van der Waals surface area contributed by atoms with E-state index in [9.17, 15) is 0 Å². The fraction of sp³-hybridized carbons (Fsp3) is 0. The molecular formula is C12H7IN2O. The lowest BCUT2D eigenvalue weighted by molar-refractivity contribution is 0.462.